The van der Waals surface area contributed by atoms with Crippen LogP contribution in [0.1, 0.15) is 51.1 Å². The van der Waals surface area contributed by atoms with Gasteiger partial charge in [0.25, 0.3) is 0 Å². The van der Waals surface area contributed by atoms with E-state index in [2.05, 4.69) is 61.4 Å². The predicted molar refractivity (Wildman–Crippen MR) is 86.9 cm³/mol. The molecule has 1 saturated heterocycles. The van der Waals surface area contributed by atoms with Crippen LogP contribution in [0.15, 0.2) is 30.3 Å². The molecular weight excluding hydrogens is 244 g/mol. The van der Waals surface area contributed by atoms with E-state index >= 15 is 0 Å². The van der Waals surface area contributed by atoms with Crippen molar-refractivity contribution >= 4 is 0 Å². The normalized spacial score (nSPS) is 20.1. The summed E-state index contributed by atoms with van der Waals surface area (Å²) in [4.78, 5) is 2.67. The minimum absolute atomic E-state index is 0.481. The average molecular weight is 274 g/mol. The van der Waals surface area contributed by atoms with Crippen molar-refractivity contribution in [2.75, 3.05) is 26.7 Å². The summed E-state index contributed by atoms with van der Waals surface area (Å²) in [5, 5.41) is 3.46. The fraction of sp³-hybridized carbons (Fsp3) is 0.667. The number of benzene rings is 1. The number of nitrogens with one attached hydrogen (secondary N) is 1. The fourth-order valence-corrected chi connectivity index (χ4v) is 3.52. The molecule has 0 radical (unpaired) electrons. The molecule has 20 heavy (non-hydrogen) atoms. The van der Waals surface area contributed by atoms with E-state index < -0.39 is 0 Å². The van der Waals surface area contributed by atoms with Gasteiger partial charge in [-0.05, 0) is 56.8 Å². The first-order chi connectivity index (χ1) is 9.73. The van der Waals surface area contributed by atoms with Gasteiger partial charge < -0.3 is 10.2 Å². The average Bonchev–Trinajstić information content (AvgIpc) is 2.93. The fourth-order valence-electron chi connectivity index (χ4n) is 3.52. The van der Waals surface area contributed by atoms with Crippen LogP contribution in [0.3, 0.4) is 0 Å². The maximum Gasteiger partial charge on any atom is 0.0329 e. The molecule has 112 valence electrons. The van der Waals surface area contributed by atoms with Crippen LogP contribution in [0.25, 0.3) is 0 Å². The van der Waals surface area contributed by atoms with Crippen molar-refractivity contribution in [2.45, 2.75) is 45.6 Å². The molecule has 2 heteroatoms. The Labute approximate surface area is 124 Å². The highest BCUT2D eigenvalue weighted by atomic mass is 15.2. The largest absolute Gasteiger partial charge is 0.313 e. The Morgan fingerprint density at radius 2 is 1.90 bits per heavy atom. The highest BCUT2D eigenvalue weighted by Crippen LogP contribution is 2.37. The van der Waals surface area contributed by atoms with E-state index in [1.807, 2.05) is 0 Å². The van der Waals surface area contributed by atoms with Crippen molar-refractivity contribution in [3.63, 3.8) is 0 Å². The molecule has 0 aliphatic carbocycles. The summed E-state index contributed by atoms with van der Waals surface area (Å²) < 4.78 is 0. The van der Waals surface area contributed by atoms with Gasteiger partial charge in [-0.15, -0.1) is 0 Å². The quantitative estimate of drug-likeness (QED) is 0.812. The minimum Gasteiger partial charge on any atom is -0.313 e. The van der Waals surface area contributed by atoms with Crippen LogP contribution in [0, 0.1) is 5.41 Å². The summed E-state index contributed by atoms with van der Waals surface area (Å²) >= 11 is 0. The van der Waals surface area contributed by atoms with E-state index in [1.54, 1.807) is 0 Å². The molecule has 1 atom stereocenters. The van der Waals surface area contributed by atoms with E-state index in [0.717, 1.165) is 0 Å². The van der Waals surface area contributed by atoms with Crippen molar-refractivity contribution in [1.82, 2.24) is 10.2 Å². The van der Waals surface area contributed by atoms with Crippen LogP contribution in [0.4, 0.5) is 0 Å². The Morgan fingerprint density at radius 3 is 2.45 bits per heavy atom. The highest BCUT2D eigenvalue weighted by molar-refractivity contribution is 5.18. The topological polar surface area (TPSA) is 15.3 Å². The van der Waals surface area contributed by atoms with Crippen molar-refractivity contribution in [2.24, 2.45) is 5.41 Å². The smallest absolute Gasteiger partial charge is 0.0329 e. The highest BCUT2D eigenvalue weighted by Gasteiger charge is 2.34. The number of nitrogens with zero attached hydrogens (tertiary/aromatic N) is 1. The molecule has 0 spiro atoms. The van der Waals surface area contributed by atoms with Crippen LogP contribution in [0.2, 0.25) is 0 Å². The van der Waals surface area contributed by atoms with Crippen LogP contribution in [0.5, 0.6) is 0 Å². The zero-order chi connectivity index (χ0) is 14.4. The lowest BCUT2D eigenvalue weighted by atomic mass is 9.82. The summed E-state index contributed by atoms with van der Waals surface area (Å²) in [5.74, 6) is 0. The second-order valence-corrected chi connectivity index (χ2v) is 6.27. The maximum absolute atomic E-state index is 3.46. The molecule has 1 aliphatic heterocycles. The van der Waals surface area contributed by atoms with E-state index in [4.69, 9.17) is 0 Å². The Balaban J connectivity index is 1.86. The van der Waals surface area contributed by atoms with Crippen molar-refractivity contribution in [3.8, 4) is 0 Å². The maximum atomic E-state index is 3.46. The van der Waals surface area contributed by atoms with Gasteiger partial charge in [0.05, 0.1) is 0 Å². The molecule has 1 aromatic carbocycles. The Kier molecular flexibility index (Phi) is 5.62. The molecule has 1 aliphatic rings. The summed E-state index contributed by atoms with van der Waals surface area (Å²) in [7, 11) is 2.07. The standard InChI is InChI=1S/C18H30N2/c1-4-18(5-2)12-14-20(15-18)13-11-17(19-3)16-9-7-6-8-10-16/h6-10,17,19H,4-5,11-15H2,1-3H3. The van der Waals surface area contributed by atoms with Gasteiger partial charge in [0, 0.05) is 12.6 Å². The molecule has 1 aromatic rings. The lowest BCUT2D eigenvalue weighted by Crippen LogP contribution is -2.29. The van der Waals surface area contributed by atoms with Gasteiger partial charge in [0.2, 0.25) is 0 Å². The number of likely N-dealkylation sites (tertiary alicyclic amines) is 1. The third kappa shape index (κ3) is 3.62. The van der Waals surface area contributed by atoms with Crippen LogP contribution >= 0.6 is 0 Å². The van der Waals surface area contributed by atoms with E-state index in [9.17, 15) is 0 Å². The van der Waals surface area contributed by atoms with E-state index in [0.29, 0.717) is 11.5 Å². The molecule has 2 rings (SSSR count). The molecule has 2 nitrogen and oxygen atoms in total. The molecule has 0 bridgehead atoms. The number of hydrogen-bond acceptors (Lipinski definition) is 2. The molecule has 1 N–H and O–H groups in total. The van der Waals surface area contributed by atoms with Gasteiger partial charge in [0.15, 0.2) is 0 Å². The van der Waals surface area contributed by atoms with Crippen LogP contribution in [-0.4, -0.2) is 31.6 Å². The van der Waals surface area contributed by atoms with Crippen LogP contribution in [-0.2, 0) is 0 Å². The molecule has 0 aromatic heterocycles. The van der Waals surface area contributed by atoms with Crippen molar-refractivity contribution in [3.05, 3.63) is 35.9 Å². The van der Waals surface area contributed by atoms with Gasteiger partial charge in [0.1, 0.15) is 0 Å². The third-order valence-electron chi connectivity index (χ3n) is 5.30. The summed E-state index contributed by atoms with van der Waals surface area (Å²) in [6, 6.07) is 11.3. The second-order valence-electron chi connectivity index (χ2n) is 6.27. The number of rotatable bonds is 7. The van der Waals surface area contributed by atoms with Gasteiger partial charge in [-0.1, -0.05) is 44.2 Å². The van der Waals surface area contributed by atoms with Gasteiger partial charge in [-0.25, -0.2) is 0 Å². The van der Waals surface area contributed by atoms with E-state index in [-0.39, 0.29) is 0 Å². The van der Waals surface area contributed by atoms with E-state index in [1.165, 1.54) is 50.9 Å². The van der Waals surface area contributed by atoms with Crippen molar-refractivity contribution in [1.29, 1.82) is 0 Å². The Morgan fingerprint density at radius 1 is 1.20 bits per heavy atom. The molecule has 0 saturated carbocycles. The molecule has 0 amide bonds. The lowest BCUT2D eigenvalue weighted by molar-refractivity contribution is 0.234. The van der Waals surface area contributed by atoms with Gasteiger partial charge >= 0.3 is 0 Å². The monoisotopic (exact) mass is 274 g/mol. The molecule has 1 heterocycles. The Hall–Kier alpha value is -0.860. The van der Waals surface area contributed by atoms with Gasteiger partial charge in [-0.2, -0.15) is 0 Å². The first kappa shape index (κ1) is 15.5. The van der Waals surface area contributed by atoms with Crippen molar-refractivity contribution < 1.29 is 0 Å². The molecule has 1 fully saturated rings. The lowest BCUT2D eigenvalue weighted by Gasteiger charge is -2.27. The molecular formula is C18H30N2. The zero-order valence-electron chi connectivity index (χ0n) is 13.4. The first-order valence-electron chi connectivity index (χ1n) is 8.17. The minimum atomic E-state index is 0.481. The summed E-state index contributed by atoms with van der Waals surface area (Å²) in [6.45, 7) is 8.50. The van der Waals surface area contributed by atoms with Gasteiger partial charge in [-0.3, -0.25) is 0 Å². The summed E-state index contributed by atoms with van der Waals surface area (Å²) in [5.41, 5.74) is 2.01. The predicted octanol–water partition coefficient (Wildman–Crippen LogP) is 3.85. The summed E-state index contributed by atoms with van der Waals surface area (Å²) in [6.07, 6.45) is 5.24. The number of hydrogen-bond donors (Lipinski definition) is 1. The SMILES string of the molecule is CCC1(CC)CCN(CCC(NC)c2ccccc2)C1. The zero-order valence-corrected chi connectivity index (χ0v) is 13.4. The first-order valence-corrected chi connectivity index (χ1v) is 8.17. The Bertz CT molecular complexity index is 384. The molecule has 1 unspecified atom stereocenters. The third-order valence-corrected chi connectivity index (χ3v) is 5.30. The van der Waals surface area contributed by atoms with Crippen LogP contribution < -0.4 is 5.32 Å². The second kappa shape index (κ2) is 7.24.